The Hall–Kier alpha value is -1.97. The molecule has 0 aliphatic heterocycles. The van der Waals surface area contributed by atoms with Crippen LogP contribution in [0.5, 0.6) is 0 Å². The fourth-order valence-electron chi connectivity index (χ4n) is 3.74. The van der Waals surface area contributed by atoms with Crippen molar-refractivity contribution in [1.29, 1.82) is 0 Å². The maximum absolute atomic E-state index is 11.9. The number of hydrogen-bond donors (Lipinski definition) is 1. The molecule has 2 aliphatic rings. The lowest BCUT2D eigenvalue weighted by molar-refractivity contribution is 0.105. The molecule has 7 nitrogen and oxygen atoms in total. The van der Waals surface area contributed by atoms with E-state index in [1.165, 1.54) is 0 Å². The molecule has 0 atom stereocenters. The molecule has 0 aromatic rings. The Morgan fingerprint density at radius 1 is 0.818 bits per heavy atom. The normalized spacial score (nSPS) is 31.5. The molecule has 2 N–H and O–H groups in total. The highest BCUT2D eigenvalue weighted by atomic mass is 16.2. The van der Waals surface area contributed by atoms with Crippen LogP contribution in [0.1, 0.15) is 51.4 Å². The van der Waals surface area contributed by atoms with Crippen LogP contribution in [-0.2, 0) is 9.59 Å². The van der Waals surface area contributed by atoms with E-state index < -0.39 is 0 Å². The highest BCUT2D eigenvalue weighted by molar-refractivity contribution is 5.72. The van der Waals surface area contributed by atoms with E-state index in [2.05, 4.69) is 9.98 Å². The smallest absolute Gasteiger partial charge is 0.315 e. The predicted molar refractivity (Wildman–Crippen MR) is 79.8 cm³/mol. The van der Waals surface area contributed by atoms with Crippen molar-refractivity contribution in [3.8, 4) is 0 Å². The number of urea groups is 1. The first-order chi connectivity index (χ1) is 10.7. The van der Waals surface area contributed by atoms with Crippen molar-refractivity contribution in [3.63, 3.8) is 0 Å². The van der Waals surface area contributed by atoms with Crippen LogP contribution in [0.3, 0.4) is 0 Å². The van der Waals surface area contributed by atoms with E-state index in [0.717, 1.165) is 51.4 Å². The number of aliphatic imine (C=N–C) groups is 2. The summed E-state index contributed by atoms with van der Waals surface area (Å²) in [6.07, 6.45) is 9.61. The molecule has 2 amide bonds. The number of carbonyl (C=O) groups excluding carboxylic acids is 3. The molecule has 0 aromatic carbocycles. The van der Waals surface area contributed by atoms with Crippen LogP contribution < -0.4 is 5.73 Å². The van der Waals surface area contributed by atoms with Gasteiger partial charge in [0, 0.05) is 12.1 Å². The second kappa shape index (κ2) is 7.87. The minimum absolute atomic E-state index is 0.0288. The zero-order valence-electron chi connectivity index (χ0n) is 12.6. The van der Waals surface area contributed by atoms with Crippen molar-refractivity contribution < 1.29 is 14.4 Å². The lowest BCUT2D eigenvalue weighted by atomic mass is 9.86. The van der Waals surface area contributed by atoms with Crippen molar-refractivity contribution in [1.82, 2.24) is 4.90 Å². The minimum Gasteiger partial charge on any atom is -0.351 e. The molecule has 0 unspecified atom stereocenters. The van der Waals surface area contributed by atoms with Crippen molar-refractivity contribution in [2.75, 3.05) is 0 Å². The van der Waals surface area contributed by atoms with E-state index in [4.69, 9.17) is 5.73 Å². The molecular formula is C15H22N4O3. The molecule has 0 heterocycles. The zero-order chi connectivity index (χ0) is 15.9. The third kappa shape index (κ3) is 4.03. The SMILES string of the molecule is NC(=O)N(C1CCC(N=C=O)CC1)C1CCC(N=C=O)CC1. The zero-order valence-corrected chi connectivity index (χ0v) is 12.6. The number of nitrogens with two attached hydrogens (primary N) is 1. The number of primary amides is 1. The van der Waals surface area contributed by atoms with Gasteiger partial charge in [0.1, 0.15) is 0 Å². The van der Waals surface area contributed by atoms with Crippen molar-refractivity contribution in [3.05, 3.63) is 0 Å². The maximum Gasteiger partial charge on any atom is 0.315 e. The first-order valence-corrected chi connectivity index (χ1v) is 7.87. The Balaban J connectivity index is 1.95. The Morgan fingerprint density at radius 2 is 1.18 bits per heavy atom. The van der Waals surface area contributed by atoms with Gasteiger partial charge in [-0.25, -0.2) is 24.4 Å². The van der Waals surface area contributed by atoms with Crippen molar-refractivity contribution in [2.24, 2.45) is 15.7 Å². The summed E-state index contributed by atoms with van der Waals surface area (Å²) in [5, 5.41) is 0. The van der Waals surface area contributed by atoms with Crippen molar-refractivity contribution in [2.45, 2.75) is 75.5 Å². The van der Waals surface area contributed by atoms with Gasteiger partial charge in [0.05, 0.1) is 12.1 Å². The number of rotatable bonds is 4. The summed E-state index contributed by atoms with van der Waals surface area (Å²) >= 11 is 0. The molecule has 2 fully saturated rings. The average molecular weight is 306 g/mol. The van der Waals surface area contributed by atoms with E-state index in [-0.39, 0.29) is 30.2 Å². The summed E-state index contributed by atoms with van der Waals surface area (Å²) in [6.45, 7) is 0. The quantitative estimate of drug-likeness (QED) is 0.630. The van der Waals surface area contributed by atoms with Crippen molar-refractivity contribution >= 4 is 18.2 Å². The third-order valence-corrected chi connectivity index (χ3v) is 4.84. The number of nitrogens with zero attached hydrogens (tertiary/aromatic N) is 3. The van der Waals surface area contributed by atoms with Gasteiger partial charge in [-0.05, 0) is 51.4 Å². The van der Waals surface area contributed by atoms with Crippen LogP contribution in [0.15, 0.2) is 9.98 Å². The van der Waals surface area contributed by atoms with Gasteiger partial charge in [0.25, 0.3) is 0 Å². The molecule has 2 rings (SSSR count). The molecule has 0 aromatic heterocycles. The summed E-state index contributed by atoms with van der Waals surface area (Å²) < 4.78 is 0. The summed E-state index contributed by atoms with van der Waals surface area (Å²) in [7, 11) is 0. The van der Waals surface area contributed by atoms with E-state index in [0.29, 0.717) is 0 Å². The second-order valence-electron chi connectivity index (χ2n) is 6.11. The highest BCUT2D eigenvalue weighted by Gasteiger charge is 2.34. The maximum atomic E-state index is 11.9. The molecule has 120 valence electrons. The molecule has 7 heteroatoms. The molecule has 0 saturated heterocycles. The predicted octanol–water partition coefficient (Wildman–Crippen LogP) is 1.66. The minimum atomic E-state index is -0.385. The van der Waals surface area contributed by atoms with Gasteiger partial charge in [0.2, 0.25) is 12.2 Å². The Kier molecular flexibility index (Phi) is 5.87. The number of isocyanates is 2. The monoisotopic (exact) mass is 306 g/mol. The van der Waals surface area contributed by atoms with Gasteiger partial charge in [-0.2, -0.15) is 0 Å². The number of carbonyl (C=O) groups is 1. The average Bonchev–Trinajstić information content (AvgIpc) is 2.51. The summed E-state index contributed by atoms with van der Waals surface area (Å²) in [4.78, 5) is 41.9. The highest BCUT2D eigenvalue weighted by Crippen LogP contribution is 2.31. The van der Waals surface area contributed by atoms with Crippen LogP contribution in [0.4, 0.5) is 4.79 Å². The molecule has 2 saturated carbocycles. The first kappa shape index (κ1) is 16.4. The summed E-state index contributed by atoms with van der Waals surface area (Å²) in [6, 6.07) is -0.0922. The lowest BCUT2D eigenvalue weighted by Crippen LogP contribution is -2.52. The van der Waals surface area contributed by atoms with E-state index in [1.54, 1.807) is 12.2 Å². The second-order valence-corrected chi connectivity index (χ2v) is 6.11. The largest absolute Gasteiger partial charge is 0.351 e. The van der Waals surface area contributed by atoms with Crippen LogP contribution >= 0.6 is 0 Å². The summed E-state index contributed by atoms with van der Waals surface area (Å²) in [5.41, 5.74) is 5.60. The third-order valence-electron chi connectivity index (χ3n) is 4.84. The Labute approximate surface area is 129 Å². The molecule has 22 heavy (non-hydrogen) atoms. The molecule has 0 bridgehead atoms. The first-order valence-electron chi connectivity index (χ1n) is 7.87. The van der Waals surface area contributed by atoms with Gasteiger partial charge in [-0.1, -0.05) is 0 Å². The van der Waals surface area contributed by atoms with Crippen LogP contribution in [-0.4, -0.2) is 47.3 Å². The summed E-state index contributed by atoms with van der Waals surface area (Å²) in [5.74, 6) is 0. The van der Waals surface area contributed by atoms with Crippen LogP contribution in [0.25, 0.3) is 0 Å². The fourth-order valence-corrected chi connectivity index (χ4v) is 3.74. The lowest BCUT2D eigenvalue weighted by Gasteiger charge is -2.42. The van der Waals surface area contributed by atoms with E-state index >= 15 is 0 Å². The Bertz CT molecular complexity index is 443. The van der Waals surface area contributed by atoms with Gasteiger partial charge < -0.3 is 10.6 Å². The molecular weight excluding hydrogens is 284 g/mol. The van der Waals surface area contributed by atoms with Gasteiger partial charge in [-0.3, -0.25) is 0 Å². The van der Waals surface area contributed by atoms with Gasteiger partial charge >= 0.3 is 6.03 Å². The standard InChI is InChI=1S/C15H22N4O3/c16-15(22)19(13-5-1-11(2-6-13)17-9-20)14-7-3-12(4-8-14)18-10-21/h11-14H,1-8H2,(H2,16,22). The molecule has 0 radical (unpaired) electrons. The van der Waals surface area contributed by atoms with Gasteiger partial charge in [-0.15, -0.1) is 0 Å². The fraction of sp³-hybridized carbons (Fsp3) is 0.800. The topological polar surface area (TPSA) is 105 Å². The van der Waals surface area contributed by atoms with E-state index in [1.807, 2.05) is 4.90 Å². The Morgan fingerprint density at radius 3 is 1.45 bits per heavy atom. The van der Waals surface area contributed by atoms with E-state index in [9.17, 15) is 14.4 Å². The van der Waals surface area contributed by atoms with Crippen LogP contribution in [0, 0.1) is 0 Å². The van der Waals surface area contributed by atoms with Gasteiger partial charge in [0.15, 0.2) is 0 Å². The van der Waals surface area contributed by atoms with Crippen LogP contribution in [0.2, 0.25) is 0 Å². The molecule has 2 aliphatic carbocycles. The number of hydrogen-bond acceptors (Lipinski definition) is 5. The molecule has 0 spiro atoms. The number of amides is 2.